The Kier molecular flexibility index (Phi) is 3.57. The number of benzene rings is 1. The first-order chi connectivity index (χ1) is 11.5. The van der Waals surface area contributed by atoms with Crippen molar-refractivity contribution in [2.24, 2.45) is 7.05 Å². The maximum Gasteiger partial charge on any atom is 0.268 e. The molecule has 5 nitrogen and oxygen atoms in total. The van der Waals surface area contributed by atoms with Crippen LogP contribution >= 0.6 is 11.3 Å². The first-order valence-electron chi connectivity index (χ1n) is 8.15. The van der Waals surface area contributed by atoms with Gasteiger partial charge in [-0.1, -0.05) is 12.1 Å². The molecule has 4 rings (SSSR count). The molecule has 24 heavy (non-hydrogen) atoms. The molecule has 3 heterocycles. The predicted molar refractivity (Wildman–Crippen MR) is 99.1 cm³/mol. The Morgan fingerprint density at radius 3 is 2.96 bits per heavy atom. The molecule has 124 valence electrons. The van der Waals surface area contributed by atoms with Gasteiger partial charge in [0.2, 0.25) is 0 Å². The van der Waals surface area contributed by atoms with E-state index in [2.05, 4.69) is 17.3 Å². The van der Waals surface area contributed by atoms with Gasteiger partial charge in [-0.3, -0.25) is 9.48 Å². The molecule has 0 saturated carbocycles. The minimum atomic E-state index is 0.0685. The second-order valence-electron chi connectivity index (χ2n) is 6.35. The van der Waals surface area contributed by atoms with Crippen molar-refractivity contribution in [3.8, 4) is 0 Å². The lowest BCUT2D eigenvalue weighted by molar-refractivity contribution is 0.0991. The molecule has 1 amide bonds. The van der Waals surface area contributed by atoms with Gasteiger partial charge in [0, 0.05) is 25.0 Å². The summed E-state index contributed by atoms with van der Waals surface area (Å²) in [5.41, 5.74) is 2.95. The second-order valence-corrected chi connectivity index (χ2v) is 7.38. The van der Waals surface area contributed by atoms with Gasteiger partial charge in [0.25, 0.3) is 5.91 Å². The maximum atomic E-state index is 13.2. The van der Waals surface area contributed by atoms with Gasteiger partial charge in [-0.05, 0) is 38.5 Å². The summed E-state index contributed by atoms with van der Waals surface area (Å²) in [5.74, 6) is 0.0685. The SMILES string of the molecule is Cc1nn(C)c2sc(C(=O)N3CC[C@@H](C)Nc4ccccc43)cc12. The molecule has 0 saturated heterocycles. The Morgan fingerprint density at radius 2 is 2.17 bits per heavy atom. The number of carbonyl (C=O) groups is 1. The van der Waals surface area contributed by atoms with Gasteiger partial charge in [-0.25, -0.2) is 0 Å². The Hall–Kier alpha value is -2.34. The quantitative estimate of drug-likeness (QED) is 0.733. The molecule has 1 atom stereocenters. The van der Waals surface area contributed by atoms with Crippen molar-refractivity contribution in [2.45, 2.75) is 26.3 Å². The largest absolute Gasteiger partial charge is 0.381 e. The number of aryl methyl sites for hydroxylation is 2. The van der Waals surface area contributed by atoms with Crippen LogP contribution in [0.2, 0.25) is 0 Å². The number of nitrogens with one attached hydrogen (secondary N) is 1. The van der Waals surface area contributed by atoms with E-state index in [1.165, 1.54) is 11.3 Å². The molecule has 3 aromatic rings. The van der Waals surface area contributed by atoms with Gasteiger partial charge in [-0.2, -0.15) is 5.10 Å². The fourth-order valence-corrected chi connectivity index (χ4v) is 4.34. The molecule has 6 heteroatoms. The topological polar surface area (TPSA) is 50.2 Å². The molecule has 1 N–H and O–H groups in total. The third-order valence-corrected chi connectivity index (χ3v) is 5.72. The number of anilines is 2. The summed E-state index contributed by atoms with van der Waals surface area (Å²) in [6.45, 7) is 4.85. The number of thiophene rings is 1. The highest BCUT2D eigenvalue weighted by Crippen LogP contribution is 2.34. The molecular formula is C18H20N4OS. The van der Waals surface area contributed by atoms with E-state index in [0.29, 0.717) is 6.04 Å². The summed E-state index contributed by atoms with van der Waals surface area (Å²) in [7, 11) is 1.92. The highest BCUT2D eigenvalue weighted by molar-refractivity contribution is 7.20. The Bertz CT molecular complexity index is 892. The molecule has 0 fully saturated rings. The number of amides is 1. The van der Waals surface area contributed by atoms with Gasteiger partial charge in [0.1, 0.15) is 4.83 Å². The van der Waals surface area contributed by atoms with Gasteiger partial charge in [0.05, 0.1) is 21.9 Å². The molecule has 0 spiro atoms. The summed E-state index contributed by atoms with van der Waals surface area (Å²) in [6, 6.07) is 10.4. The van der Waals surface area contributed by atoms with Crippen LogP contribution in [0.4, 0.5) is 11.4 Å². The minimum Gasteiger partial charge on any atom is -0.381 e. The van der Waals surface area contributed by atoms with Crippen LogP contribution in [0.15, 0.2) is 30.3 Å². The molecule has 1 aliphatic heterocycles. The van der Waals surface area contributed by atoms with Crippen LogP contribution in [0.1, 0.15) is 28.7 Å². The van der Waals surface area contributed by atoms with Crippen LogP contribution in [-0.4, -0.2) is 28.3 Å². The van der Waals surface area contributed by atoms with Crippen molar-refractivity contribution in [1.82, 2.24) is 9.78 Å². The molecule has 1 aromatic carbocycles. The fraction of sp³-hybridized carbons (Fsp3) is 0.333. The zero-order valence-corrected chi connectivity index (χ0v) is 14.9. The molecule has 1 aliphatic rings. The van der Waals surface area contributed by atoms with Crippen LogP contribution in [0.5, 0.6) is 0 Å². The Balaban J connectivity index is 1.76. The standard InChI is InChI=1S/C18H20N4OS/c1-11-8-9-22(15-7-5-4-6-14(15)19-11)17(23)16-10-13-12(2)20-21(3)18(13)24-16/h4-7,10-11,19H,8-9H2,1-3H3/t11-/m1/s1. The monoisotopic (exact) mass is 340 g/mol. The van der Waals surface area contributed by atoms with E-state index in [0.717, 1.165) is 45.1 Å². The molecular weight excluding hydrogens is 320 g/mol. The number of carbonyl (C=O) groups excluding carboxylic acids is 1. The van der Waals surface area contributed by atoms with E-state index in [9.17, 15) is 4.79 Å². The number of rotatable bonds is 1. The second kappa shape index (κ2) is 5.63. The molecule has 2 aromatic heterocycles. The lowest BCUT2D eigenvalue weighted by Gasteiger charge is -2.21. The Labute approximate surface area is 144 Å². The van der Waals surface area contributed by atoms with Crippen molar-refractivity contribution in [3.63, 3.8) is 0 Å². The van der Waals surface area contributed by atoms with Crippen molar-refractivity contribution in [3.05, 3.63) is 40.9 Å². The van der Waals surface area contributed by atoms with Crippen molar-refractivity contribution >= 4 is 38.8 Å². The number of fused-ring (bicyclic) bond motifs is 2. The molecule has 0 radical (unpaired) electrons. The van der Waals surface area contributed by atoms with Crippen LogP contribution in [0, 0.1) is 6.92 Å². The van der Waals surface area contributed by atoms with Gasteiger partial charge in [0.15, 0.2) is 0 Å². The highest BCUT2D eigenvalue weighted by atomic mass is 32.1. The van der Waals surface area contributed by atoms with Crippen LogP contribution in [-0.2, 0) is 7.05 Å². The molecule has 0 aliphatic carbocycles. The summed E-state index contributed by atoms with van der Waals surface area (Å²) < 4.78 is 1.85. The number of para-hydroxylation sites is 2. The number of hydrogen-bond acceptors (Lipinski definition) is 4. The minimum absolute atomic E-state index is 0.0685. The molecule has 0 unspecified atom stereocenters. The molecule has 0 bridgehead atoms. The van der Waals surface area contributed by atoms with Crippen molar-refractivity contribution in [1.29, 1.82) is 0 Å². The van der Waals surface area contributed by atoms with E-state index < -0.39 is 0 Å². The lowest BCUT2D eigenvalue weighted by Crippen LogP contribution is -2.31. The van der Waals surface area contributed by atoms with Crippen LogP contribution < -0.4 is 10.2 Å². The smallest absolute Gasteiger partial charge is 0.268 e. The lowest BCUT2D eigenvalue weighted by atomic mass is 10.2. The average molecular weight is 340 g/mol. The van der Waals surface area contributed by atoms with Crippen molar-refractivity contribution < 1.29 is 4.79 Å². The van der Waals surface area contributed by atoms with E-state index in [-0.39, 0.29) is 5.91 Å². The van der Waals surface area contributed by atoms with E-state index in [1.807, 2.05) is 53.9 Å². The third-order valence-electron chi connectivity index (χ3n) is 4.53. The van der Waals surface area contributed by atoms with Gasteiger partial charge in [-0.15, -0.1) is 11.3 Å². The highest BCUT2D eigenvalue weighted by Gasteiger charge is 2.26. The summed E-state index contributed by atoms with van der Waals surface area (Å²) >= 11 is 1.52. The number of nitrogens with zero attached hydrogens (tertiary/aromatic N) is 3. The first kappa shape index (κ1) is 15.2. The maximum absolute atomic E-state index is 13.2. The zero-order valence-electron chi connectivity index (χ0n) is 14.0. The fourth-order valence-electron chi connectivity index (χ4n) is 3.27. The normalized spacial score (nSPS) is 17.5. The van der Waals surface area contributed by atoms with Crippen LogP contribution in [0.3, 0.4) is 0 Å². The van der Waals surface area contributed by atoms with E-state index >= 15 is 0 Å². The van der Waals surface area contributed by atoms with Gasteiger partial charge >= 0.3 is 0 Å². The third kappa shape index (κ3) is 2.38. The Morgan fingerprint density at radius 1 is 1.38 bits per heavy atom. The predicted octanol–water partition coefficient (Wildman–Crippen LogP) is 3.79. The zero-order chi connectivity index (χ0) is 16.8. The number of hydrogen-bond donors (Lipinski definition) is 1. The summed E-state index contributed by atoms with van der Waals surface area (Å²) in [5, 5.41) is 8.98. The van der Waals surface area contributed by atoms with E-state index in [4.69, 9.17) is 0 Å². The first-order valence-corrected chi connectivity index (χ1v) is 8.97. The summed E-state index contributed by atoms with van der Waals surface area (Å²) in [6.07, 6.45) is 0.923. The van der Waals surface area contributed by atoms with Crippen molar-refractivity contribution in [2.75, 3.05) is 16.8 Å². The number of aromatic nitrogens is 2. The van der Waals surface area contributed by atoms with Crippen LogP contribution in [0.25, 0.3) is 10.2 Å². The van der Waals surface area contributed by atoms with Gasteiger partial charge < -0.3 is 10.2 Å². The average Bonchev–Trinajstić information content (AvgIpc) is 3.05. The summed E-state index contributed by atoms with van der Waals surface area (Å²) in [4.78, 5) is 16.9. The van der Waals surface area contributed by atoms with E-state index in [1.54, 1.807) is 0 Å².